The SMILES string of the molecule is c1ccc(-c2ccc3oc4c(-c5cccc6sc7ccccc7c56)nc(-c5cccc6sc7ccccc7c56)nc4c3c2)cc1. The Kier molecular flexibility index (Phi) is 5.32. The minimum atomic E-state index is 0.705. The lowest BCUT2D eigenvalue weighted by molar-refractivity contribution is 0.667. The maximum atomic E-state index is 6.68. The van der Waals surface area contributed by atoms with Gasteiger partial charge in [0.05, 0.1) is 0 Å². The van der Waals surface area contributed by atoms with E-state index in [0.717, 1.165) is 44.4 Å². The maximum absolute atomic E-state index is 6.68. The van der Waals surface area contributed by atoms with E-state index in [2.05, 4.69) is 127 Å². The Hall–Kier alpha value is -5.36. The zero-order valence-electron chi connectivity index (χ0n) is 23.8. The number of hydrogen-bond donors (Lipinski definition) is 0. The average molecular weight is 611 g/mol. The van der Waals surface area contributed by atoms with Crippen LogP contribution in [0.1, 0.15) is 0 Å². The summed E-state index contributed by atoms with van der Waals surface area (Å²) >= 11 is 3.62. The van der Waals surface area contributed by atoms with E-state index in [4.69, 9.17) is 14.4 Å². The van der Waals surface area contributed by atoms with Gasteiger partial charge < -0.3 is 4.42 Å². The lowest BCUT2D eigenvalue weighted by Crippen LogP contribution is -1.95. The molecule has 0 atom stereocenters. The summed E-state index contributed by atoms with van der Waals surface area (Å²) in [6.07, 6.45) is 0. The van der Waals surface area contributed by atoms with E-state index in [1.807, 2.05) is 28.7 Å². The summed E-state index contributed by atoms with van der Waals surface area (Å²) in [5.41, 5.74) is 7.54. The molecule has 0 aliphatic heterocycles. The van der Waals surface area contributed by atoms with Gasteiger partial charge in [-0.15, -0.1) is 22.7 Å². The van der Waals surface area contributed by atoms with Gasteiger partial charge in [0, 0.05) is 56.9 Å². The normalized spacial score (nSPS) is 12.0. The van der Waals surface area contributed by atoms with E-state index in [1.165, 1.54) is 40.3 Å². The molecule has 4 aromatic heterocycles. The summed E-state index contributed by atoms with van der Waals surface area (Å²) < 4.78 is 11.7. The van der Waals surface area contributed by atoms with Crippen molar-refractivity contribution in [3.05, 3.63) is 133 Å². The van der Waals surface area contributed by atoms with Gasteiger partial charge in [0.2, 0.25) is 0 Å². The van der Waals surface area contributed by atoms with E-state index < -0.39 is 0 Å². The molecule has 0 saturated carbocycles. The number of benzene rings is 6. The molecule has 0 spiro atoms. The van der Waals surface area contributed by atoms with Gasteiger partial charge in [-0.2, -0.15) is 0 Å². The Morgan fingerprint density at radius 2 is 1.09 bits per heavy atom. The van der Waals surface area contributed by atoms with Gasteiger partial charge in [-0.3, -0.25) is 0 Å². The summed E-state index contributed by atoms with van der Waals surface area (Å²) in [5, 5.41) is 5.84. The zero-order chi connectivity index (χ0) is 29.5. The van der Waals surface area contributed by atoms with Crippen molar-refractivity contribution in [1.29, 1.82) is 0 Å². The molecule has 0 fully saturated rings. The van der Waals surface area contributed by atoms with Crippen molar-refractivity contribution in [3.8, 4) is 33.8 Å². The highest BCUT2D eigenvalue weighted by Crippen LogP contribution is 2.45. The Bertz CT molecular complexity index is 2770. The first kappa shape index (κ1) is 25.0. The van der Waals surface area contributed by atoms with Crippen LogP contribution in [0, 0.1) is 0 Å². The molecule has 210 valence electrons. The molecule has 0 amide bonds. The van der Waals surface area contributed by atoms with Gasteiger partial charge in [0.1, 0.15) is 16.8 Å². The van der Waals surface area contributed by atoms with Gasteiger partial charge in [-0.1, -0.05) is 97.1 Å². The van der Waals surface area contributed by atoms with E-state index >= 15 is 0 Å². The standard InChI is InChI=1S/C40H22N2OS2/c1-2-10-23(11-3-1)24-20-21-30-29(22-24)38-39(43-30)37(27-14-8-18-33-35(27)25-12-4-6-16-31(25)44-33)41-40(42-38)28-15-9-19-34-36(28)26-13-5-7-17-32(26)45-34/h1-22H. The van der Waals surface area contributed by atoms with Gasteiger partial charge in [0.15, 0.2) is 11.4 Å². The van der Waals surface area contributed by atoms with E-state index in [9.17, 15) is 0 Å². The first-order valence-electron chi connectivity index (χ1n) is 14.9. The quantitative estimate of drug-likeness (QED) is 0.200. The third-order valence-electron chi connectivity index (χ3n) is 8.72. The third kappa shape index (κ3) is 3.75. The Balaban J connectivity index is 1.34. The fourth-order valence-electron chi connectivity index (χ4n) is 6.69. The molecular formula is C40H22N2OS2. The van der Waals surface area contributed by atoms with Crippen LogP contribution in [0.3, 0.4) is 0 Å². The summed E-state index contributed by atoms with van der Waals surface area (Å²) in [7, 11) is 0. The van der Waals surface area contributed by atoms with Crippen LogP contribution in [0.4, 0.5) is 0 Å². The van der Waals surface area contributed by atoms with E-state index in [0.29, 0.717) is 11.4 Å². The molecule has 0 aliphatic rings. The van der Waals surface area contributed by atoms with Crippen molar-refractivity contribution in [2.45, 2.75) is 0 Å². The van der Waals surface area contributed by atoms with Crippen LogP contribution < -0.4 is 0 Å². The highest BCUT2D eigenvalue weighted by molar-refractivity contribution is 7.26. The third-order valence-corrected chi connectivity index (χ3v) is 11.0. The summed E-state index contributed by atoms with van der Waals surface area (Å²) in [5.74, 6) is 0.705. The van der Waals surface area contributed by atoms with Crippen molar-refractivity contribution >= 4 is 85.1 Å². The van der Waals surface area contributed by atoms with Gasteiger partial charge in [-0.25, -0.2) is 9.97 Å². The summed E-state index contributed by atoms with van der Waals surface area (Å²) in [6, 6.07) is 47.1. The predicted molar refractivity (Wildman–Crippen MR) is 191 cm³/mol. The molecule has 0 aliphatic carbocycles. The highest BCUT2D eigenvalue weighted by atomic mass is 32.1. The molecule has 4 heterocycles. The van der Waals surface area contributed by atoms with Crippen LogP contribution in [0.5, 0.6) is 0 Å². The number of aromatic nitrogens is 2. The molecule has 0 saturated heterocycles. The predicted octanol–water partition coefficient (Wildman–Crippen LogP) is 12.1. The zero-order valence-corrected chi connectivity index (χ0v) is 25.5. The number of nitrogens with zero attached hydrogens (tertiary/aromatic N) is 2. The molecule has 10 rings (SSSR count). The monoisotopic (exact) mass is 610 g/mol. The summed E-state index contributed by atoms with van der Waals surface area (Å²) in [6.45, 7) is 0. The topological polar surface area (TPSA) is 38.9 Å². The van der Waals surface area contributed by atoms with Crippen molar-refractivity contribution < 1.29 is 4.42 Å². The van der Waals surface area contributed by atoms with E-state index in [-0.39, 0.29) is 0 Å². The van der Waals surface area contributed by atoms with E-state index in [1.54, 1.807) is 0 Å². The van der Waals surface area contributed by atoms with Gasteiger partial charge in [-0.05, 0) is 47.5 Å². The number of thiophene rings is 2. The molecule has 0 N–H and O–H groups in total. The second kappa shape index (κ2) is 9.57. The van der Waals surface area contributed by atoms with Crippen LogP contribution >= 0.6 is 22.7 Å². The summed E-state index contributed by atoms with van der Waals surface area (Å²) in [4.78, 5) is 10.7. The lowest BCUT2D eigenvalue weighted by atomic mass is 10.0. The van der Waals surface area contributed by atoms with Gasteiger partial charge >= 0.3 is 0 Å². The molecule has 0 unspecified atom stereocenters. The average Bonchev–Trinajstić information content (AvgIpc) is 3.79. The first-order valence-corrected chi connectivity index (χ1v) is 16.5. The lowest BCUT2D eigenvalue weighted by Gasteiger charge is -2.09. The van der Waals surface area contributed by atoms with Crippen LogP contribution in [0.2, 0.25) is 0 Å². The largest absolute Gasteiger partial charge is 0.452 e. The van der Waals surface area contributed by atoms with Crippen molar-refractivity contribution in [2.24, 2.45) is 0 Å². The number of furan rings is 1. The first-order chi connectivity index (χ1) is 22.3. The fourth-order valence-corrected chi connectivity index (χ4v) is 8.95. The Morgan fingerprint density at radius 3 is 1.82 bits per heavy atom. The fraction of sp³-hybridized carbons (Fsp3) is 0. The molecule has 0 bridgehead atoms. The second-order valence-electron chi connectivity index (χ2n) is 11.3. The highest BCUT2D eigenvalue weighted by Gasteiger charge is 2.23. The van der Waals surface area contributed by atoms with Crippen molar-refractivity contribution in [1.82, 2.24) is 9.97 Å². The van der Waals surface area contributed by atoms with Gasteiger partial charge in [0.25, 0.3) is 0 Å². The van der Waals surface area contributed by atoms with Crippen LogP contribution in [-0.4, -0.2) is 9.97 Å². The molecule has 6 aromatic carbocycles. The number of hydrogen-bond acceptors (Lipinski definition) is 5. The molecule has 10 aromatic rings. The minimum absolute atomic E-state index is 0.705. The smallest absolute Gasteiger partial charge is 0.180 e. The molecule has 45 heavy (non-hydrogen) atoms. The Morgan fingerprint density at radius 1 is 0.467 bits per heavy atom. The van der Waals surface area contributed by atoms with Crippen LogP contribution in [0.15, 0.2) is 138 Å². The molecular weight excluding hydrogens is 589 g/mol. The number of fused-ring (bicyclic) bond motifs is 9. The van der Waals surface area contributed by atoms with Crippen LogP contribution in [-0.2, 0) is 0 Å². The maximum Gasteiger partial charge on any atom is 0.180 e. The molecule has 0 radical (unpaired) electrons. The van der Waals surface area contributed by atoms with Crippen LogP contribution in [0.25, 0.3) is 96.2 Å². The second-order valence-corrected chi connectivity index (χ2v) is 13.5. The van der Waals surface area contributed by atoms with Crippen molar-refractivity contribution in [3.63, 3.8) is 0 Å². The molecule has 5 heteroatoms. The Labute approximate surface area is 265 Å². The van der Waals surface area contributed by atoms with Crippen molar-refractivity contribution in [2.75, 3.05) is 0 Å². The molecule has 3 nitrogen and oxygen atoms in total. The minimum Gasteiger partial charge on any atom is -0.452 e. The number of rotatable bonds is 3.